The molecule has 0 aliphatic heterocycles. The molecule has 0 radical (unpaired) electrons. The second-order valence-electron chi connectivity index (χ2n) is 4.05. The summed E-state index contributed by atoms with van der Waals surface area (Å²) in [5, 5.41) is 2.73. The van der Waals surface area contributed by atoms with Crippen LogP contribution < -0.4 is 5.32 Å². The van der Waals surface area contributed by atoms with Gasteiger partial charge >= 0.3 is 0 Å². The van der Waals surface area contributed by atoms with Gasteiger partial charge in [0.25, 0.3) is 0 Å². The lowest BCUT2D eigenvalue weighted by atomic mass is 9.97. The van der Waals surface area contributed by atoms with Crippen molar-refractivity contribution in [3.63, 3.8) is 0 Å². The van der Waals surface area contributed by atoms with E-state index in [1.54, 1.807) is 0 Å². The summed E-state index contributed by atoms with van der Waals surface area (Å²) in [5.74, 6) is -3.00. The third-order valence-corrected chi connectivity index (χ3v) is 2.84. The van der Waals surface area contributed by atoms with E-state index in [-0.39, 0.29) is 11.1 Å². The summed E-state index contributed by atoms with van der Waals surface area (Å²) < 4.78 is 53.1. The molecule has 0 unspecified atom stereocenters. The standard InChI is InChI=1S/C14H11F4N/c1-19-14(10-4-2-8(15)6-12(10)17)11-5-3-9(16)7-13(11)18/h2-7,14,19H,1H3. The molecule has 0 fully saturated rings. The minimum absolute atomic E-state index is 0.0920. The highest BCUT2D eigenvalue weighted by atomic mass is 19.1. The van der Waals surface area contributed by atoms with Crippen LogP contribution in [-0.2, 0) is 0 Å². The monoisotopic (exact) mass is 269 g/mol. The predicted molar refractivity (Wildman–Crippen MR) is 63.6 cm³/mol. The largest absolute Gasteiger partial charge is 0.309 e. The number of hydrogen-bond acceptors (Lipinski definition) is 1. The van der Waals surface area contributed by atoms with Crippen molar-refractivity contribution in [1.82, 2.24) is 5.32 Å². The summed E-state index contributed by atoms with van der Waals surface area (Å²) in [4.78, 5) is 0. The Bertz CT molecular complexity index is 546. The van der Waals surface area contributed by atoms with E-state index in [2.05, 4.69) is 5.32 Å². The van der Waals surface area contributed by atoms with E-state index < -0.39 is 29.3 Å². The summed E-state index contributed by atoms with van der Waals surface area (Å²) in [6, 6.07) is 5.26. The van der Waals surface area contributed by atoms with E-state index in [0.717, 1.165) is 24.3 Å². The Hall–Kier alpha value is -1.88. The molecule has 0 aliphatic rings. The van der Waals surface area contributed by atoms with Crippen LogP contribution in [0.5, 0.6) is 0 Å². The highest BCUT2D eigenvalue weighted by molar-refractivity contribution is 5.34. The summed E-state index contributed by atoms with van der Waals surface area (Å²) in [6.45, 7) is 0. The topological polar surface area (TPSA) is 12.0 Å². The SMILES string of the molecule is CNC(c1ccc(F)cc1F)c1ccc(F)cc1F. The van der Waals surface area contributed by atoms with E-state index in [1.807, 2.05) is 0 Å². The van der Waals surface area contributed by atoms with Crippen LogP contribution in [0.15, 0.2) is 36.4 Å². The lowest BCUT2D eigenvalue weighted by Gasteiger charge is -2.18. The molecular formula is C14H11F4N. The molecule has 0 aromatic heterocycles. The fourth-order valence-corrected chi connectivity index (χ4v) is 1.95. The van der Waals surface area contributed by atoms with Gasteiger partial charge in [-0.2, -0.15) is 0 Å². The summed E-state index contributed by atoms with van der Waals surface area (Å²) in [6.07, 6.45) is 0. The fraction of sp³-hybridized carbons (Fsp3) is 0.143. The van der Waals surface area contributed by atoms with Crippen LogP contribution >= 0.6 is 0 Å². The normalized spacial score (nSPS) is 11.1. The van der Waals surface area contributed by atoms with Crippen molar-refractivity contribution in [3.8, 4) is 0 Å². The van der Waals surface area contributed by atoms with Crippen LogP contribution in [0.3, 0.4) is 0 Å². The van der Waals surface area contributed by atoms with Gasteiger partial charge in [0.1, 0.15) is 23.3 Å². The second kappa shape index (κ2) is 5.40. The molecular weight excluding hydrogens is 258 g/mol. The zero-order chi connectivity index (χ0) is 14.0. The highest BCUT2D eigenvalue weighted by Gasteiger charge is 2.20. The molecule has 2 rings (SSSR count). The van der Waals surface area contributed by atoms with E-state index >= 15 is 0 Å². The van der Waals surface area contributed by atoms with E-state index in [9.17, 15) is 17.6 Å². The van der Waals surface area contributed by atoms with Gasteiger partial charge in [0.05, 0.1) is 6.04 Å². The Balaban J connectivity index is 2.50. The van der Waals surface area contributed by atoms with Crippen molar-refractivity contribution in [1.29, 1.82) is 0 Å². The predicted octanol–water partition coefficient (Wildman–Crippen LogP) is 3.55. The van der Waals surface area contributed by atoms with Gasteiger partial charge in [-0.25, -0.2) is 17.6 Å². The van der Waals surface area contributed by atoms with Crippen molar-refractivity contribution in [3.05, 3.63) is 70.8 Å². The van der Waals surface area contributed by atoms with Crippen molar-refractivity contribution in [2.75, 3.05) is 7.05 Å². The first-order valence-electron chi connectivity index (χ1n) is 5.60. The minimum atomic E-state index is -0.818. The molecule has 100 valence electrons. The van der Waals surface area contributed by atoms with Gasteiger partial charge in [0.15, 0.2) is 0 Å². The average molecular weight is 269 g/mol. The lowest BCUT2D eigenvalue weighted by Crippen LogP contribution is -2.20. The quantitative estimate of drug-likeness (QED) is 0.840. The molecule has 19 heavy (non-hydrogen) atoms. The first kappa shape index (κ1) is 13.5. The van der Waals surface area contributed by atoms with Crippen LogP contribution in [-0.4, -0.2) is 7.05 Å². The smallest absolute Gasteiger partial charge is 0.131 e. The number of hydrogen-bond donors (Lipinski definition) is 1. The highest BCUT2D eigenvalue weighted by Crippen LogP contribution is 2.27. The van der Waals surface area contributed by atoms with Gasteiger partial charge in [-0.3, -0.25) is 0 Å². The van der Waals surface area contributed by atoms with Crippen molar-refractivity contribution >= 4 is 0 Å². The molecule has 0 atom stereocenters. The molecule has 0 saturated carbocycles. The number of nitrogens with one attached hydrogen (secondary N) is 1. The zero-order valence-electron chi connectivity index (χ0n) is 10.1. The first-order chi connectivity index (χ1) is 9.02. The summed E-state index contributed by atoms with van der Waals surface area (Å²) in [5.41, 5.74) is 0.184. The van der Waals surface area contributed by atoms with Crippen molar-refractivity contribution in [2.45, 2.75) is 6.04 Å². The molecule has 2 aromatic rings. The van der Waals surface area contributed by atoms with Crippen LogP contribution in [0.4, 0.5) is 17.6 Å². The van der Waals surface area contributed by atoms with E-state index in [4.69, 9.17) is 0 Å². The van der Waals surface area contributed by atoms with Gasteiger partial charge in [-0.05, 0) is 19.2 Å². The fourth-order valence-electron chi connectivity index (χ4n) is 1.95. The zero-order valence-corrected chi connectivity index (χ0v) is 10.1. The summed E-state index contributed by atoms with van der Waals surface area (Å²) in [7, 11) is 1.51. The number of halogens is 4. The van der Waals surface area contributed by atoms with Gasteiger partial charge in [0, 0.05) is 23.3 Å². The summed E-state index contributed by atoms with van der Waals surface area (Å²) >= 11 is 0. The maximum Gasteiger partial charge on any atom is 0.131 e. The molecule has 0 heterocycles. The third kappa shape index (κ3) is 2.76. The Morgan fingerprint density at radius 2 is 1.21 bits per heavy atom. The average Bonchev–Trinajstić information content (AvgIpc) is 2.34. The molecule has 0 amide bonds. The Labute approximate surface area is 107 Å². The molecule has 0 saturated heterocycles. The maximum atomic E-state index is 13.7. The van der Waals surface area contributed by atoms with Crippen LogP contribution in [0.2, 0.25) is 0 Å². The Morgan fingerprint density at radius 1 is 0.789 bits per heavy atom. The van der Waals surface area contributed by atoms with Gasteiger partial charge in [-0.15, -0.1) is 0 Å². The molecule has 5 heteroatoms. The van der Waals surface area contributed by atoms with Crippen LogP contribution in [0.25, 0.3) is 0 Å². The van der Waals surface area contributed by atoms with Crippen molar-refractivity contribution in [2.24, 2.45) is 0 Å². The molecule has 1 nitrogen and oxygen atoms in total. The molecule has 0 aliphatic carbocycles. The minimum Gasteiger partial charge on any atom is -0.309 e. The number of benzene rings is 2. The Morgan fingerprint density at radius 3 is 1.53 bits per heavy atom. The molecule has 2 aromatic carbocycles. The van der Waals surface area contributed by atoms with E-state index in [0.29, 0.717) is 0 Å². The molecule has 0 spiro atoms. The molecule has 0 bridgehead atoms. The number of rotatable bonds is 3. The lowest BCUT2D eigenvalue weighted by molar-refractivity contribution is 0.527. The Kier molecular flexibility index (Phi) is 3.85. The van der Waals surface area contributed by atoms with Crippen LogP contribution in [0, 0.1) is 23.3 Å². The first-order valence-corrected chi connectivity index (χ1v) is 5.60. The van der Waals surface area contributed by atoms with Gasteiger partial charge < -0.3 is 5.32 Å². The maximum absolute atomic E-state index is 13.7. The van der Waals surface area contributed by atoms with Gasteiger partial charge in [0.2, 0.25) is 0 Å². The van der Waals surface area contributed by atoms with Crippen LogP contribution in [0.1, 0.15) is 17.2 Å². The second-order valence-corrected chi connectivity index (χ2v) is 4.05. The van der Waals surface area contributed by atoms with Gasteiger partial charge in [-0.1, -0.05) is 12.1 Å². The van der Waals surface area contributed by atoms with E-state index in [1.165, 1.54) is 19.2 Å². The van der Waals surface area contributed by atoms with Crippen molar-refractivity contribution < 1.29 is 17.6 Å². The third-order valence-electron chi connectivity index (χ3n) is 2.84. The molecule has 1 N–H and O–H groups in total.